The van der Waals surface area contributed by atoms with Crippen LogP contribution >= 0.6 is 0 Å². The lowest BCUT2D eigenvalue weighted by Gasteiger charge is -2.26. The molecule has 0 unspecified atom stereocenters. The molecule has 8 heteroatoms. The Hall–Kier alpha value is -4.07. The molecule has 3 aromatic rings. The fourth-order valence-corrected chi connectivity index (χ4v) is 3.19. The van der Waals surface area contributed by atoms with E-state index < -0.39 is 10.9 Å². The predicted molar refractivity (Wildman–Crippen MR) is 116 cm³/mol. The number of methoxy groups -OCH3 is 2. The molecule has 3 aromatic carbocycles. The molecule has 8 nitrogen and oxygen atoms in total. The molecule has 0 aliphatic heterocycles. The van der Waals surface area contributed by atoms with Crippen molar-refractivity contribution in [3.8, 4) is 11.5 Å². The quantitative estimate of drug-likeness (QED) is 0.400. The van der Waals surface area contributed by atoms with E-state index in [1.54, 1.807) is 37.4 Å². The first-order chi connectivity index (χ1) is 14.9. The van der Waals surface area contributed by atoms with Crippen molar-refractivity contribution in [2.45, 2.75) is 13.1 Å². The molecule has 0 radical (unpaired) electrons. The van der Waals surface area contributed by atoms with Crippen molar-refractivity contribution >= 4 is 17.3 Å². The number of carboxylic acid groups (broad SMARTS) is 1. The summed E-state index contributed by atoms with van der Waals surface area (Å²) in [6, 6.07) is 18.9. The Morgan fingerprint density at radius 2 is 1.52 bits per heavy atom. The number of non-ortho nitro benzene ring substituents is 1. The van der Waals surface area contributed by atoms with Crippen LogP contribution in [0.2, 0.25) is 0 Å². The standard InChI is InChI=1S/C23H22N2O6/c1-30-20-10-5-17(6-11-20)15-24(14-16-3-7-18(8-4-16)25(28)29)19-9-12-22(31-2)21(13-19)23(26)27/h3-13H,14-15H2,1-2H3,(H,26,27). The number of nitro benzene ring substituents is 1. The summed E-state index contributed by atoms with van der Waals surface area (Å²) in [6.07, 6.45) is 0. The molecule has 0 saturated carbocycles. The van der Waals surface area contributed by atoms with Crippen molar-refractivity contribution in [1.29, 1.82) is 0 Å². The minimum atomic E-state index is -1.08. The van der Waals surface area contributed by atoms with Crippen LogP contribution in [-0.2, 0) is 13.1 Å². The molecule has 0 heterocycles. The average Bonchev–Trinajstić information content (AvgIpc) is 2.79. The number of carbonyl (C=O) groups is 1. The molecule has 0 aliphatic carbocycles. The van der Waals surface area contributed by atoms with Crippen LogP contribution in [0.3, 0.4) is 0 Å². The molecule has 3 rings (SSSR count). The van der Waals surface area contributed by atoms with Crippen LogP contribution in [0, 0.1) is 10.1 Å². The van der Waals surface area contributed by atoms with Gasteiger partial charge in [-0.2, -0.15) is 0 Å². The number of benzene rings is 3. The Labute approximate surface area is 179 Å². The zero-order valence-electron chi connectivity index (χ0n) is 17.1. The average molecular weight is 422 g/mol. The van der Waals surface area contributed by atoms with Gasteiger partial charge in [0.2, 0.25) is 0 Å². The first-order valence-corrected chi connectivity index (χ1v) is 9.44. The maximum atomic E-state index is 11.7. The van der Waals surface area contributed by atoms with E-state index in [0.29, 0.717) is 18.8 Å². The highest BCUT2D eigenvalue weighted by Crippen LogP contribution is 2.28. The number of hydrogen-bond donors (Lipinski definition) is 1. The highest BCUT2D eigenvalue weighted by molar-refractivity contribution is 5.92. The number of hydrogen-bond acceptors (Lipinski definition) is 6. The van der Waals surface area contributed by atoms with E-state index in [0.717, 1.165) is 16.9 Å². The largest absolute Gasteiger partial charge is 0.497 e. The lowest BCUT2D eigenvalue weighted by Crippen LogP contribution is -2.22. The molecule has 0 aliphatic rings. The van der Waals surface area contributed by atoms with E-state index in [-0.39, 0.29) is 17.0 Å². The Balaban J connectivity index is 1.95. The summed E-state index contributed by atoms with van der Waals surface area (Å²) in [5, 5.41) is 20.5. The van der Waals surface area contributed by atoms with Crippen LogP contribution < -0.4 is 14.4 Å². The molecule has 0 atom stereocenters. The van der Waals surface area contributed by atoms with Crippen LogP contribution in [0.4, 0.5) is 11.4 Å². The van der Waals surface area contributed by atoms with Gasteiger partial charge in [0.05, 0.1) is 19.1 Å². The van der Waals surface area contributed by atoms with Crippen molar-refractivity contribution in [2.24, 2.45) is 0 Å². The maximum absolute atomic E-state index is 11.7. The molecule has 0 saturated heterocycles. The molecule has 31 heavy (non-hydrogen) atoms. The molecule has 0 spiro atoms. The van der Waals surface area contributed by atoms with E-state index in [4.69, 9.17) is 9.47 Å². The number of anilines is 1. The fourth-order valence-electron chi connectivity index (χ4n) is 3.19. The van der Waals surface area contributed by atoms with Gasteiger partial charge in [-0.15, -0.1) is 0 Å². The van der Waals surface area contributed by atoms with Crippen molar-refractivity contribution in [2.75, 3.05) is 19.1 Å². The summed E-state index contributed by atoms with van der Waals surface area (Å²) in [5.74, 6) is -0.0716. The lowest BCUT2D eigenvalue weighted by atomic mass is 10.1. The third-order valence-electron chi connectivity index (χ3n) is 4.83. The van der Waals surface area contributed by atoms with Gasteiger partial charge in [-0.05, 0) is 41.5 Å². The monoisotopic (exact) mass is 422 g/mol. The lowest BCUT2D eigenvalue weighted by molar-refractivity contribution is -0.384. The summed E-state index contributed by atoms with van der Waals surface area (Å²) in [5.41, 5.74) is 2.61. The van der Waals surface area contributed by atoms with Gasteiger partial charge in [0.25, 0.3) is 5.69 Å². The van der Waals surface area contributed by atoms with Gasteiger partial charge < -0.3 is 19.5 Å². The van der Waals surface area contributed by atoms with E-state index in [9.17, 15) is 20.0 Å². The topological polar surface area (TPSA) is 102 Å². The Kier molecular flexibility index (Phi) is 6.71. The summed E-state index contributed by atoms with van der Waals surface area (Å²) in [7, 11) is 3.02. The number of nitrogens with zero attached hydrogens (tertiary/aromatic N) is 2. The highest BCUT2D eigenvalue weighted by Gasteiger charge is 2.16. The van der Waals surface area contributed by atoms with Crippen molar-refractivity contribution < 1.29 is 24.3 Å². The van der Waals surface area contributed by atoms with Crippen molar-refractivity contribution in [3.63, 3.8) is 0 Å². The van der Waals surface area contributed by atoms with Crippen LogP contribution in [0.15, 0.2) is 66.7 Å². The Morgan fingerprint density at radius 1 is 0.935 bits per heavy atom. The SMILES string of the molecule is COc1ccc(CN(Cc2ccc([N+](=O)[O-])cc2)c2ccc(OC)c(C(=O)O)c2)cc1. The van der Waals surface area contributed by atoms with Gasteiger partial charge in [0.1, 0.15) is 17.1 Å². The van der Waals surface area contributed by atoms with E-state index in [1.165, 1.54) is 19.2 Å². The number of rotatable bonds is 9. The molecular formula is C23H22N2O6. The first-order valence-electron chi connectivity index (χ1n) is 9.44. The zero-order chi connectivity index (χ0) is 22.4. The molecular weight excluding hydrogens is 400 g/mol. The zero-order valence-corrected chi connectivity index (χ0v) is 17.1. The second kappa shape index (κ2) is 9.62. The highest BCUT2D eigenvalue weighted by atomic mass is 16.6. The Bertz CT molecular complexity index is 1060. The number of ether oxygens (including phenoxy) is 2. The van der Waals surface area contributed by atoms with Gasteiger partial charge in [0, 0.05) is 30.9 Å². The number of nitro groups is 1. The third kappa shape index (κ3) is 5.30. The van der Waals surface area contributed by atoms with Crippen LogP contribution in [0.5, 0.6) is 11.5 Å². The van der Waals surface area contributed by atoms with Crippen molar-refractivity contribution in [3.05, 3.63) is 93.5 Å². The second-order valence-corrected chi connectivity index (χ2v) is 6.82. The molecule has 160 valence electrons. The van der Waals surface area contributed by atoms with E-state index >= 15 is 0 Å². The number of aromatic carboxylic acids is 1. The Morgan fingerprint density at radius 3 is 2.00 bits per heavy atom. The molecule has 0 amide bonds. The minimum Gasteiger partial charge on any atom is -0.497 e. The first kappa shape index (κ1) is 21.6. The summed E-state index contributed by atoms with van der Waals surface area (Å²) in [6.45, 7) is 0.918. The van der Waals surface area contributed by atoms with Gasteiger partial charge in [-0.3, -0.25) is 10.1 Å². The predicted octanol–water partition coefficient (Wildman–Crippen LogP) is 4.52. The second-order valence-electron chi connectivity index (χ2n) is 6.82. The van der Waals surface area contributed by atoms with Crippen LogP contribution in [0.1, 0.15) is 21.5 Å². The normalized spacial score (nSPS) is 10.4. The smallest absolute Gasteiger partial charge is 0.339 e. The molecule has 0 bridgehead atoms. The van der Waals surface area contributed by atoms with Crippen LogP contribution in [0.25, 0.3) is 0 Å². The summed E-state index contributed by atoms with van der Waals surface area (Å²) < 4.78 is 10.4. The summed E-state index contributed by atoms with van der Waals surface area (Å²) >= 11 is 0. The molecule has 1 N–H and O–H groups in total. The maximum Gasteiger partial charge on any atom is 0.339 e. The van der Waals surface area contributed by atoms with E-state index in [2.05, 4.69) is 0 Å². The number of carboxylic acids is 1. The van der Waals surface area contributed by atoms with Gasteiger partial charge in [-0.25, -0.2) is 4.79 Å². The molecule has 0 aromatic heterocycles. The molecule has 0 fully saturated rings. The van der Waals surface area contributed by atoms with E-state index in [1.807, 2.05) is 29.2 Å². The minimum absolute atomic E-state index is 0.0167. The van der Waals surface area contributed by atoms with Gasteiger partial charge in [-0.1, -0.05) is 24.3 Å². The summed E-state index contributed by atoms with van der Waals surface area (Å²) in [4.78, 5) is 24.1. The van der Waals surface area contributed by atoms with Crippen molar-refractivity contribution in [1.82, 2.24) is 0 Å². The van der Waals surface area contributed by atoms with Crippen LogP contribution in [-0.4, -0.2) is 30.2 Å². The third-order valence-corrected chi connectivity index (χ3v) is 4.83. The van der Waals surface area contributed by atoms with Gasteiger partial charge >= 0.3 is 5.97 Å². The fraction of sp³-hybridized carbons (Fsp3) is 0.174. The van der Waals surface area contributed by atoms with Gasteiger partial charge in [0.15, 0.2) is 0 Å².